The smallest absolute Gasteiger partial charge is 0.159 e. The lowest BCUT2D eigenvalue weighted by molar-refractivity contribution is 0.606. The number of nitrogens with zero attached hydrogens (tertiary/aromatic N) is 2. The van der Waals surface area contributed by atoms with Crippen molar-refractivity contribution in [2.45, 2.75) is 20.3 Å². The number of halogens is 2. The summed E-state index contributed by atoms with van der Waals surface area (Å²) in [5.41, 5.74) is 7.20. The first-order valence-corrected chi connectivity index (χ1v) is 7.79. The van der Waals surface area contributed by atoms with E-state index in [1.54, 1.807) is 18.2 Å². The fourth-order valence-electron chi connectivity index (χ4n) is 1.84. The zero-order valence-electron chi connectivity index (χ0n) is 12.5. The lowest BCUT2D eigenvalue weighted by atomic mass is 10.1. The first-order chi connectivity index (χ1) is 10.5. The van der Waals surface area contributed by atoms with Crippen LogP contribution in [-0.2, 0) is 0 Å². The van der Waals surface area contributed by atoms with Crippen LogP contribution in [0.1, 0.15) is 20.3 Å². The molecule has 22 heavy (non-hydrogen) atoms. The Morgan fingerprint density at radius 3 is 2.64 bits per heavy atom. The number of rotatable bonds is 6. The van der Waals surface area contributed by atoms with Gasteiger partial charge in [0.25, 0.3) is 0 Å². The summed E-state index contributed by atoms with van der Waals surface area (Å²) in [5.74, 6) is 1.71. The maximum absolute atomic E-state index is 6.14. The Kier molecular flexibility index (Phi) is 5.69. The zero-order chi connectivity index (χ0) is 16.1. The van der Waals surface area contributed by atoms with Crippen LogP contribution in [0.2, 0.25) is 10.0 Å². The second-order valence-corrected chi connectivity index (χ2v) is 6.19. The summed E-state index contributed by atoms with van der Waals surface area (Å²) in [5, 5.41) is 7.43. The number of hydrogen-bond acceptors (Lipinski definition) is 5. The van der Waals surface area contributed by atoms with E-state index in [2.05, 4.69) is 34.4 Å². The Hall–Kier alpha value is -1.72. The van der Waals surface area contributed by atoms with Gasteiger partial charge in [0.1, 0.15) is 12.0 Å². The molecule has 0 saturated carbocycles. The molecule has 2 rings (SSSR count). The van der Waals surface area contributed by atoms with Gasteiger partial charge in [-0.1, -0.05) is 37.0 Å². The van der Waals surface area contributed by atoms with Gasteiger partial charge in [0, 0.05) is 11.6 Å². The Labute approximate surface area is 140 Å². The Morgan fingerprint density at radius 2 is 1.91 bits per heavy atom. The van der Waals surface area contributed by atoms with Gasteiger partial charge in [0.05, 0.1) is 10.7 Å². The average Bonchev–Trinajstić information content (AvgIpc) is 2.46. The molecule has 4 N–H and O–H groups in total. The highest BCUT2D eigenvalue weighted by Crippen LogP contribution is 2.31. The monoisotopic (exact) mass is 339 g/mol. The number of aromatic nitrogens is 2. The molecule has 0 saturated heterocycles. The molecule has 118 valence electrons. The van der Waals surface area contributed by atoms with Gasteiger partial charge in [0.15, 0.2) is 11.6 Å². The molecule has 1 aromatic heterocycles. The molecule has 0 radical (unpaired) electrons. The van der Waals surface area contributed by atoms with Gasteiger partial charge in [0.2, 0.25) is 0 Å². The summed E-state index contributed by atoms with van der Waals surface area (Å²) in [7, 11) is 0. The predicted molar refractivity (Wildman–Crippen MR) is 94.1 cm³/mol. The second kappa shape index (κ2) is 7.51. The van der Waals surface area contributed by atoms with E-state index in [0.717, 1.165) is 13.0 Å². The molecule has 0 fully saturated rings. The van der Waals surface area contributed by atoms with E-state index in [9.17, 15) is 0 Å². The van der Waals surface area contributed by atoms with Gasteiger partial charge in [-0.25, -0.2) is 9.97 Å². The van der Waals surface area contributed by atoms with Crippen molar-refractivity contribution in [3.63, 3.8) is 0 Å². The molecule has 0 aliphatic heterocycles. The molecule has 0 aliphatic carbocycles. The number of nitrogen functional groups attached to an aromatic ring is 1. The topological polar surface area (TPSA) is 75.9 Å². The van der Waals surface area contributed by atoms with Crippen molar-refractivity contribution in [3.05, 3.63) is 34.6 Å². The van der Waals surface area contributed by atoms with E-state index in [1.807, 2.05) is 0 Å². The Balaban J connectivity index is 2.16. The molecule has 0 amide bonds. The van der Waals surface area contributed by atoms with Crippen LogP contribution in [0, 0.1) is 5.92 Å². The summed E-state index contributed by atoms with van der Waals surface area (Å²) in [6.07, 6.45) is 2.49. The summed E-state index contributed by atoms with van der Waals surface area (Å²) < 4.78 is 0. The number of anilines is 4. The maximum atomic E-state index is 6.14. The molecular weight excluding hydrogens is 321 g/mol. The van der Waals surface area contributed by atoms with Gasteiger partial charge >= 0.3 is 0 Å². The van der Waals surface area contributed by atoms with Crippen molar-refractivity contribution < 1.29 is 0 Å². The molecule has 0 aliphatic rings. The summed E-state index contributed by atoms with van der Waals surface area (Å²) in [4.78, 5) is 8.33. The van der Waals surface area contributed by atoms with Crippen LogP contribution in [0.3, 0.4) is 0 Å². The van der Waals surface area contributed by atoms with Gasteiger partial charge in [-0.3, -0.25) is 0 Å². The lowest BCUT2D eigenvalue weighted by Crippen LogP contribution is -2.10. The summed E-state index contributed by atoms with van der Waals surface area (Å²) >= 11 is 12.1. The van der Waals surface area contributed by atoms with Gasteiger partial charge < -0.3 is 16.4 Å². The molecular formula is C15H19Cl2N5. The number of nitrogens with one attached hydrogen (secondary N) is 2. The second-order valence-electron chi connectivity index (χ2n) is 5.34. The minimum Gasteiger partial charge on any atom is -0.393 e. The lowest BCUT2D eigenvalue weighted by Gasteiger charge is -2.14. The molecule has 1 aromatic carbocycles. The Morgan fingerprint density at radius 1 is 1.18 bits per heavy atom. The molecule has 0 bridgehead atoms. The van der Waals surface area contributed by atoms with E-state index in [-0.39, 0.29) is 0 Å². The fraction of sp³-hybridized carbons (Fsp3) is 0.333. The molecule has 1 heterocycles. The average molecular weight is 340 g/mol. The Bertz CT molecular complexity index is 646. The quantitative estimate of drug-likeness (QED) is 0.718. The minimum absolute atomic E-state index is 0.447. The SMILES string of the molecule is CC(C)CCNc1ncnc(Nc2cc(Cl)ccc2Cl)c1N. The minimum atomic E-state index is 0.447. The van der Waals surface area contributed by atoms with Crippen molar-refractivity contribution >= 4 is 46.2 Å². The van der Waals surface area contributed by atoms with Crippen LogP contribution < -0.4 is 16.4 Å². The van der Waals surface area contributed by atoms with E-state index in [4.69, 9.17) is 28.9 Å². The van der Waals surface area contributed by atoms with Crippen molar-refractivity contribution in [2.75, 3.05) is 22.9 Å². The maximum Gasteiger partial charge on any atom is 0.159 e. The predicted octanol–water partition coefficient (Wildman–Crippen LogP) is 4.57. The fourth-order valence-corrected chi connectivity index (χ4v) is 2.17. The third-order valence-corrected chi connectivity index (χ3v) is 3.64. The molecule has 7 heteroatoms. The summed E-state index contributed by atoms with van der Waals surface area (Å²) in [6, 6.07) is 5.15. The highest BCUT2D eigenvalue weighted by Gasteiger charge is 2.10. The molecule has 0 spiro atoms. The first-order valence-electron chi connectivity index (χ1n) is 7.03. The van der Waals surface area contributed by atoms with Crippen LogP contribution in [0.15, 0.2) is 24.5 Å². The van der Waals surface area contributed by atoms with Crippen LogP contribution in [0.4, 0.5) is 23.0 Å². The van der Waals surface area contributed by atoms with Gasteiger partial charge in [-0.05, 0) is 30.5 Å². The van der Waals surface area contributed by atoms with Crippen molar-refractivity contribution in [1.29, 1.82) is 0 Å². The highest BCUT2D eigenvalue weighted by molar-refractivity contribution is 6.35. The van der Waals surface area contributed by atoms with Gasteiger partial charge in [-0.15, -0.1) is 0 Å². The van der Waals surface area contributed by atoms with Crippen molar-refractivity contribution in [1.82, 2.24) is 9.97 Å². The van der Waals surface area contributed by atoms with Crippen LogP contribution in [-0.4, -0.2) is 16.5 Å². The third-order valence-electron chi connectivity index (χ3n) is 3.08. The number of hydrogen-bond donors (Lipinski definition) is 3. The number of nitrogens with two attached hydrogens (primary N) is 1. The third kappa shape index (κ3) is 4.39. The first kappa shape index (κ1) is 16.6. The van der Waals surface area contributed by atoms with Crippen LogP contribution in [0.25, 0.3) is 0 Å². The van der Waals surface area contributed by atoms with E-state index >= 15 is 0 Å². The van der Waals surface area contributed by atoms with E-state index in [0.29, 0.717) is 39.0 Å². The van der Waals surface area contributed by atoms with E-state index in [1.165, 1.54) is 6.33 Å². The van der Waals surface area contributed by atoms with Crippen molar-refractivity contribution in [3.8, 4) is 0 Å². The molecule has 5 nitrogen and oxygen atoms in total. The number of benzene rings is 1. The van der Waals surface area contributed by atoms with Gasteiger partial charge in [-0.2, -0.15) is 0 Å². The standard InChI is InChI=1S/C15H19Cl2N5/c1-9(2)5-6-19-14-13(18)15(21-8-20-14)22-12-7-10(16)3-4-11(12)17/h3-4,7-9H,5-6,18H2,1-2H3,(H2,19,20,21,22). The highest BCUT2D eigenvalue weighted by atomic mass is 35.5. The molecule has 2 aromatic rings. The zero-order valence-corrected chi connectivity index (χ0v) is 14.0. The largest absolute Gasteiger partial charge is 0.393 e. The van der Waals surface area contributed by atoms with Crippen LogP contribution >= 0.6 is 23.2 Å². The van der Waals surface area contributed by atoms with Crippen LogP contribution in [0.5, 0.6) is 0 Å². The molecule has 0 atom stereocenters. The van der Waals surface area contributed by atoms with Crippen molar-refractivity contribution in [2.24, 2.45) is 5.92 Å². The summed E-state index contributed by atoms with van der Waals surface area (Å²) in [6.45, 7) is 5.13. The van der Waals surface area contributed by atoms with E-state index < -0.39 is 0 Å². The molecule has 0 unspecified atom stereocenters. The normalized spacial score (nSPS) is 10.8.